The van der Waals surface area contributed by atoms with Crippen molar-refractivity contribution in [2.24, 2.45) is 5.92 Å². The number of thiophene rings is 1. The first-order chi connectivity index (χ1) is 16.9. The fraction of sp³-hybridized carbons (Fsp3) is 0.407. The lowest BCUT2D eigenvalue weighted by molar-refractivity contribution is 0.403. The van der Waals surface area contributed by atoms with Crippen molar-refractivity contribution in [3.63, 3.8) is 0 Å². The second-order valence-electron chi connectivity index (χ2n) is 9.12. The summed E-state index contributed by atoms with van der Waals surface area (Å²) in [6, 6.07) is 15.4. The summed E-state index contributed by atoms with van der Waals surface area (Å²) in [6.45, 7) is 2.96. The molecule has 188 valence electrons. The van der Waals surface area contributed by atoms with Crippen molar-refractivity contribution < 1.29 is 17.9 Å². The molecule has 1 saturated carbocycles. The third-order valence-electron chi connectivity index (χ3n) is 6.62. The van der Waals surface area contributed by atoms with Gasteiger partial charge in [0.05, 0.1) is 19.9 Å². The molecular weight excluding hydrogens is 480 g/mol. The maximum absolute atomic E-state index is 13.0. The van der Waals surface area contributed by atoms with Crippen LogP contribution < -0.4 is 19.5 Å². The molecule has 0 bridgehead atoms. The van der Waals surface area contributed by atoms with Gasteiger partial charge in [0.15, 0.2) is 5.75 Å². The van der Waals surface area contributed by atoms with Gasteiger partial charge in [0.1, 0.15) is 9.96 Å². The highest BCUT2D eigenvalue weighted by atomic mass is 32.2. The Morgan fingerprint density at radius 2 is 1.80 bits per heavy atom. The second kappa shape index (κ2) is 11.5. The minimum absolute atomic E-state index is 0.241. The topological polar surface area (TPSA) is 76.7 Å². The van der Waals surface area contributed by atoms with Gasteiger partial charge in [0.25, 0.3) is 10.0 Å². The highest BCUT2D eigenvalue weighted by Crippen LogP contribution is 2.42. The van der Waals surface area contributed by atoms with Crippen LogP contribution in [0.3, 0.4) is 0 Å². The standard InChI is InChI=1S/C27H34N2O4S2/c1-19(15-20-9-4-5-10-20)28-18-21-11-6-7-12-23(21)24-16-22(32-2)17-25(27(24)33-3)29-35(30,31)26-13-8-14-34-26/h6-8,11-14,16-17,19-20,28-29H,4-5,9-10,15,18H2,1-3H3/t19-/m0/s1. The maximum atomic E-state index is 13.0. The van der Waals surface area contributed by atoms with Gasteiger partial charge < -0.3 is 14.8 Å². The van der Waals surface area contributed by atoms with E-state index in [4.69, 9.17) is 9.47 Å². The van der Waals surface area contributed by atoms with Gasteiger partial charge in [-0.2, -0.15) is 0 Å². The number of ether oxygens (including phenoxy) is 2. The molecule has 2 N–H and O–H groups in total. The number of hydrogen-bond acceptors (Lipinski definition) is 6. The average molecular weight is 515 g/mol. The summed E-state index contributed by atoms with van der Waals surface area (Å²) >= 11 is 1.17. The first-order valence-corrected chi connectivity index (χ1v) is 14.4. The van der Waals surface area contributed by atoms with Crippen molar-refractivity contribution in [1.29, 1.82) is 0 Å². The predicted molar refractivity (Wildman–Crippen MR) is 143 cm³/mol. The molecule has 1 aromatic heterocycles. The van der Waals surface area contributed by atoms with Gasteiger partial charge >= 0.3 is 0 Å². The molecule has 3 aromatic rings. The first kappa shape index (κ1) is 25.5. The van der Waals surface area contributed by atoms with E-state index in [-0.39, 0.29) is 4.21 Å². The van der Waals surface area contributed by atoms with E-state index >= 15 is 0 Å². The van der Waals surface area contributed by atoms with Gasteiger partial charge in [-0.3, -0.25) is 4.72 Å². The van der Waals surface area contributed by atoms with E-state index in [1.165, 1.54) is 43.4 Å². The molecule has 4 rings (SSSR count). The van der Waals surface area contributed by atoms with E-state index in [0.29, 0.717) is 29.8 Å². The molecule has 8 heteroatoms. The normalized spacial score (nSPS) is 15.2. The van der Waals surface area contributed by atoms with Crippen LogP contribution in [0.1, 0.15) is 44.6 Å². The van der Waals surface area contributed by atoms with Gasteiger partial charge in [-0.1, -0.05) is 56.0 Å². The number of benzene rings is 2. The molecule has 0 saturated heterocycles. The first-order valence-electron chi connectivity index (χ1n) is 12.0. The van der Waals surface area contributed by atoms with Gasteiger partial charge in [0, 0.05) is 24.2 Å². The number of rotatable bonds is 11. The molecule has 2 aromatic carbocycles. The Kier molecular flexibility index (Phi) is 8.36. The van der Waals surface area contributed by atoms with Crippen LogP contribution in [-0.2, 0) is 16.6 Å². The van der Waals surface area contributed by atoms with Crippen molar-refractivity contribution in [2.45, 2.75) is 55.8 Å². The summed E-state index contributed by atoms with van der Waals surface area (Å²) < 4.78 is 40.1. The number of hydrogen-bond donors (Lipinski definition) is 2. The van der Waals surface area contributed by atoms with Gasteiger partial charge in [-0.25, -0.2) is 8.42 Å². The predicted octanol–water partition coefficient (Wildman–Crippen LogP) is 6.29. The molecule has 1 atom stereocenters. The van der Waals surface area contributed by atoms with Crippen LogP contribution in [0.2, 0.25) is 0 Å². The molecule has 1 aliphatic carbocycles. The smallest absolute Gasteiger partial charge is 0.271 e. The summed E-state index contributed by atoms with van der Waals surface area (Å²) in [7, 11) is -0.624. The second-order valence-corrected chi connectivity index (χ2v) is 12.0. The fourth-order valence-corrected chi connectivity index (χ4v) is 6.92. The summed E-state index contributed by atoms with van der Waals surface area (Å²) in [4.78, 5) is 0. The molecule has 1 fully saturated rings. The molecule has 0 spiro atoms. The van der Waals surface area contributed by atoms with Crippen molar-refractivity contribution in [1.82, 2.24) is 5.32 Å². The molecule has 0 unspecified atom stereocenters. The van der Waals surface area contributed by atoms with E-state index in [0.717, 1.165) is 22.6 Å². The molecular formula is C27H34N2O4S2. The molecule has 1 heterocycles. The molecule has 35 heavy (non-hydrogen) atoms. The van der Waals surface area contributed by atoms with Crippen molar-refractivity contribution >= 4 is 27.0 Å². The van der Waals surface area contributed by atoms with Crippen LogP contribution >= 0.6 is 11.3 Å². The highest BCUT2D eigenvalue weighted by Gasteiger charge is 2.23. The lowest BCUT2D eigenvalue weighted by atomic mass is 9.96. The third-order valence-corrected chi connectivity index (χ3v) is 9.38. The van der Waals surface area contributed by atoms with Gasteiger partial charge in [-0.15, -0.1) is 11.3 Å². The summed E-state index contributed by atoms with van der Waals surface area (Å²) in [6.07, 6.45) is 6.59. The Morgan fingerprint density at radius 3 is 2.49 bits per heavy atom. The Labute approximate surface area is 212 Å². The van der Waals surface area contributed by atoms with E-state index < -0.39 is 10.0 Å². The zero-order valence-corrected chi connectivity index (χ0v) is 22.2. The Morgan fingerprint density at radius 1 is 1.03 bits per heavy atom. The van der Waals surface area contributed by atoms with E-state index in [9.17, 15) is 8.42 Å². The zero-order chi connectivity index (χ0) is 24.8. The number of sulfonamides is 1. The minimum Gasteiger partial charge on any atom is -0.497 e. The van der Waals surface area contributed by atoms with Crippen molar-refractivity contribution in [3.05, 3.63) is 59.5 Å². The molecule has 1 aliphatic rings. The van der Waals surface area contributed by atoms with Crippen LogP contribution in [0.5, 0.6) is 11.5 Å². The fourth-order valence-electron chi connectivity index (χ4n) is 4.88. The summed E-state index contributed by atoms with van der Waals surface area (Å²) in [5.74, 6) is 1.82. The monoisotopic (exact) mass is 514 g/mol. The number of anilines is 1. The molecule has 0 aliphatic heterocycles. The van der Waals surface area contributed by atoms with E-state index in [1.54, 1.807) is 37.8 Å². The molecule has 0 amide bonds. The Balaban J connectivity index is 1.64. The summed E-state index contributed by atoms with van der Waals surface area (Å²) in [5.41, 5.74) is 3.20. The molecule has 0 radical (unpaired) electrons. The maximum Gasteiger partial charge on any atom is 0.271 e. The average Bonchev–Trinajstić information content (AvgIpc) is 3.57. The quantitative estimate of drug-likeness (QED) is 0.314. The summed E-state index contributed by atoms with van der Waals surface area (Å²) in [5, 5.41) is 5.43. The van der Waals surface area contributed by atoms with E-state index in [1.807, 2.05) is 24.3 Å². The number of nitrogens with one attached hydrogen (secondary N) is 2. The third kappa shape index (κ3) is 6.18. The molecule has 6 nitrogen and oxygen atoms in total. The Hall–Kier alpha value is -2.55. The van der Waals surface area contributed by atoms with Crippen LogP contribution in [0.25, 0.3) is 11.1 Å². The van der Waals surface area contributed by atoms with Crippen LogP contribution in [0, 0.1) is 5.92 Å². The van der Waals surface area contributed by atoms with Crippen LogP contribution in [0.15, 0.2) is 58.1 Å². The highest BCUT2D eigenvalue weighted by molar-refractivity contribution is 7.94. The minimum atomic E-state index is -3.75. The van der Waals surface area contributed by atoms with Gasteiger partial charge in [0.2, 0.25) is 0 Å². The van der Waals surface area contributed by atoms with Crippen LogP contribution in [-0.4, -0.2) is 28.7 Å². The van der Waals surface area contributed by atoms with Crippen molar-refractivity contribution in [2.75, 3.05) is 18.9 Å². The zero-order valence-electron chi connectivity index (χ0n) is 20.5. The largest absolute Gasteiger partial charge is 0.497 e. The SMILES string of the molecule is COc1cc(NS(=O)(=O)c2cccs2)c(OC)c(-c2ccccc2CN[C@@H](C)CC2CCCC2)c1. The van der Waals surface area contributed by atoms with Crippen molar-refractivity contribution in [3.8, 4) is 22.6 Å². The number of methoxy groups -OCH3 is 2. The van der Waals surface area contributed by atoms with Gasteiger partial charge in [-0.05, 0) is 47.9 Å². The lowest BCUT2D eigenvalue weighted by Crippen LogP contribution is -2.27. The van der Waals surface area contributed by atoms with E-state index in [2.05, 4.69) is 23.0 Å². The lowest BCUT2D eigenvalue weighted by Gasteiger charge is -2.21. The Bertz CT molecular complexity index is 1220. The van der Waals surface area contributed by atoms with Crippen LogP contribution in [0.4, 0.5) is 5.69 Å².